The quantitative estimate of drug-likeness (QED) is 0.767. The van der Waals surface area contributed by atoms with Gasteiger partial charge in [0.1, 0.15) is 11.8 Å². The Kier molecular flexibility index (Phi) is 4.37. The van der Waals surface area contributed by atoms with Crippen LogP contribution in [-0.2, 0) is 0 Å². The Bertz CT molecular complexity index is 362. The van der Waals surface area contributed by atoms with E-state index in [-0.39, 0.29) is 6.61 Å². The zero-order chi connectivity index (χ0) is 12.1. The molecule has 0 aliphatic carbocycles. The van der Waals surface area contributed by atoms with Gasteiger partial charge in [-0.05, 0) is 23.0 Å². The van der Waals surface area contributed by atoms with Crippen molar-refractivity contribution in [2.24, 2.45) is 0 Å². The summed E-state index contributed by atoms with van der Waals surface area (Å²) in [5.41, 5.74) is 2.36. The van der Waals surface area contributed by atoms with E-state index in [2.05, 4.69) is 45.9 Å². The smallest absolute Gasteiger partial charge is 0.174 e. The van der Waals surface area contributed by atoms with E-state index in [1.807, 2.05) is 6.07 Å². The monoisotopic (exact) mass is 217 g/mol. The van der Waals surface area contributed by atoms with Crippen molar-refractivity contribution in [3.63, 3.8) is 0 Å². The molecule has 0 saturated carbocycles. The molecule has 16 heavy (non-hydrogen) atoms. The molecule has 0 fully saturated rings. The number of hydrogen-bond donors (Lipinski definition) is 0. The van der Waals surface area contributed by atoms with Gasteiger partial charge in [-0.15, -0.1) is 0 Å². The minimum Gasteiger partial charge on any atom is -0.478 e. The molecule has 0 N–H and O–H groups in total. The summed E-state index contributed by atoms with van der Waals surface area (Å²) in [5.74, 6) is 1.72. The largest absolute Gasteiger partial charge is 0.478 e. The topological polar surface area (TPSA) is 33.0 Å². The number of para-hydroxylation sites is 1. The lowest BCUT2D eigenvalue weighted by Gasteiger charge is -2.18. The Hall–Kier alpha value is -1.49. The van der Waals surface area contributed by atoms with Crippen LogP contribution in [0, 0.1) is 11.3 Å². The third-order valence-corrected chi connectivity index (χ3v) is 2.60. The van der Waals surface area contributed by atoms with Crippen LogP contribution in [0.1, 0.15) is 50.7 Å². The van der Waals surface area contributed by atoms with Gasteiger partial charge in [-0.3, -0.25) is 0 Å². The highest BCUT2D eigenvalue weighted by Crippen LogP contribution is 2.34. The van der Waals surface area contributed by atoms with Crippen molar-refractivity contribution in [1.82, 2.24) is 0 Å². The first kappa shape index (κ1) is 12.6. The molecule has 1 aromatic carbocycles. The van der Waals surface area contributed by atoms with Gasteiger partial charge in [-0.25, -0.2) is 0 Å². The second-order valence-corrected chi connectivity index (χ2v) is 4.52. The maximum Gasteiger partial charge on any atom is 0.174 e. The predicted octanol–water partition coefficient (Wildman–Crippen LogP) is 3.84. The third-order valence-electron chi connectivity index (χ3n) is 2.60. The molecule has 0 saturated heterocycles. The van der Waals surface area contributed by atoms with Gasteiger partial charge in [-0.1, -0.05) is 45.9 Å². The highest BCUT2D eigenvalue weighted by molar-refractivity contribution is 5.45. The Morgan fingerprint density at radius 2 is 1.62 bits per heavy atom. The fraction of sp³-hybridized carbons (Fsp3) is 0.500. The summed E-state index contributed by atoms with van der Waals surface area (Å²) < 4.78 is 5.58. The molecular formula is C14H19NO. The first-order chi connectivity index (χ1) is 7.57. The maximum atomic E-state index is 8.61. The van der Waals surface area contributed by atoms with Crippen LogP contribution in [0.5, 0.6) is 5.75 Å². The second kappa shape index (κ2) is 5.55. The van der Waals surface area contributed by atoms with Crippen molar-refractivity contribution < 1.29 is 4.74 Å². The van der Waals surface area contributed by atoms with E-state index < -0.39 is 0 Å². The van der Waals surface area contributed by atoms with Gasteiger partial charge >= 0.3 is 0 Å². The summed E-state index contributed by atoms with van der Waals surface area (Å²) in [6, 6.07) is 8.23. The second-order valence-electron chi connectivity index (χ2n) is 4.52. The molecule has 2 nitrogen and oxygen atoms in total. The number of nitriles is 1. The van der Waals surface area contributed by atoms with E-state index >= 15 is 0 Å². The van der Waals surface area contributed by atoms with Gasteiger partial charge in [0.05, 0.1) is 0 Å². The van der Waals surface area contributed by atoms with Crippen molar-refractivity contribution in [2.75, 3.05) is 6.61 Å². The van der Waals surface area contributed by atoms with Gasteiger partial charge in [0.25, 0.3) is 0 Å². The summed E-state index contributed by atoms with van der Waals surface area (Å²) in [7, 11) is 0. The predicted molar refractivity (Wildman–Crippen MR) is 65.7 cm³/mol. The molecule has 1 rings (SSSR count). The van der Waals surface area contributed by atoms with Gasteiger partial charge in [-0.2, -0.15) is 5.26 Å². The molecule has 0 amide bonds. The Balaban J connectivity index is 3.19. The first-order valence-electron chi connectivity index (χ1n) is 5.70. The molecule has 0 heterocycles. The van der Waals surface area contributed by atoms with E-state index in [4.69, 9.17) is 10.00 Å². The molecule has 0 aliphatic rings. The van der Waals surface area contributed by atoms with Crippen LogP contribution in [0.2, 0.25) is 0 Å². The van der Waals surface area contributed by atoms with Gasteiger partial charge in [0.15, 0.2) is 6.61 Å². The molecule has 0 aliphatic heterocycles. The highest BCUT2D eigenvalue weighted by Gasteiger charge is 2.14. The number of ether oxygens (including phenoxy) is 1. The fourth-order valence-corrected chi connectivity index (χ4v) is 1.75. The lowest BCUT2D eigenvalue weighted by Crippen LogP contribution is -2.04. The number of benzene rings is 1. The summed E-state index contributed by atoms with van der Waals surface area (Å²) in [5, 5.41) is 8.61. The summed E-state index contributed by atoms with van der Waals surface area (Å²) in [4.78, 5) is 0. The molecule has 86 valence electrons. The van der Waals surface area contributed by atoms with Crippen molar-refractivity contribution >= 4 is 0 Å². The van der Waals surface area contributed by atoms with E-state index in [0.29, 0.717) is 11.8 Å². The summed E-state index contributed by atoms with van der Waals surface area (Å²) in [6.07, 6.45) is 0. The number of rotatable bonds is 4. The molecule has 0 radical (unpaired) electrons. The average Bonchev–Trinajstić information content (AvgIpc) is 2.25. The van der Waals surface area contributed by atoms with E-state index in [9.17, 15) is 0 Å². The van der Waals surface area contributed by atoms with Crippen LogP contribution in [0.25, 0.3) is 0 Å². The van der Waals surface area contributed by atoms with Gasteiger partial charge < -0.3 is 4.74 Å². The van der Waals surface area contributed by atoms with Crippen LogP contribution < -0.4 is 4.74 Å². The number of hydrogen-bond acceptors (Lipinski definition) is 2. The van der Waals surface area contributed by atoms with E-state index in [1.54, 1.807) is 0 Å². The minimum atomic E-state index is 0.115. The molecule has 0 bridgehead atoms. The van der Waals surface area contributed by atoms with E-state index in [0.717, 1.165) is 5.75 Å². The van der Waals surface area contributed by atoms with Crippen molar-refractivity contribution in [3.8, 4) is 11.8 Å². The van der Waals surface area contributed by atoms with Crippen LogP contribution in [-0.4, -0.2) is 6.61 Å². The maximum absolute atomic E-state index is 8.61. The van der Waals surface area contributed by atoms with Crippen LogP contribution >= 0.6 is 0 Å². The molecule has 0 aromatic heterocycles. The minimum absolute atomic E-state index is 0.115. The zero-order valence-corrected chi connectivity index (χ0v) is 10.4. The molecule has 0 unspecified atom stereocenters. The standard InChI is InChI=1S/C14H19NO/c1-10(2)12-6-5-7-13(11(3)4)14(12)16-9-8-15/h5-7,10-11H,9H2,1-4H3. The van der Waals surface area contributed by atoms with Crippen molar-refractivity contribution in [3.05, 3.63) is 29.3 Å². The Morgan fingerprint density at radius 1 is 1.12 bits per heavy atom. The van der Waals surface area contributed by atoms with Crippen molar-refractivity contribution in [1.29, 1.82) is 5.26 Å². The fourth-order valence-electron chi connectivity index (χ4n) is 1.75. The normalized spacial score (nSPS) is 10.6. The van der Waals surface area contributed by atoms with Gasteiger partial charge in [0, 0.05) is 0 Å². The zero-order valence-electron chi connectivity index (χ0n) is 10.4. The lowest BCUT2D eigenvalue weighted by molar-refractivity contribution is 0.356. The molecule has 1 aromatic rings. The SMILES string of the molecule is CC(C)c1cccc(C(C)C)c1OCC#N. The first-order valence-corrected chi connectivity index (χ1v) is 5.70. The Morgan fingerprint density at radius 3 is 2.00 bits per heavy atom. The number of nitrogens with zero attached hydrogens (tertiary/aromatic N) is 1. The van der Waals surface area contributed by atoms with Crippen LogP contribution in [0.3, 0.4) is 0 Å². The third kappa shape index (κ3) is 2.76. The van der Waals surface area contributed by atoms with E-state index in [1.165, 1.54) is 11.1 Å². The highest BCUT2D eigenvalue weighted by atomic mass is 16.5. The van der Waals surface area contributed by atoms with Gasteiger partial charge in [0.2, 0.25) is 0 Å². The summed E-state index contributed by atoms with van der Waals surface area (Å²) >= 11 is 0. The average molecular weight is 217 g/mol. The van der Waals surface area contributed by atoms with Crippen molar-refractivity contribution in [2.45, 2.75) is 39.5 Å². The lowest BCUT2D eigenvalue weighted by atomic mass is 9.94. The van der Waals surface area contributed by atoms with Crippen LogP contribution in [0.15, 0.2) is 18.2 Å². The molecule has 2 heteroatoms. The molecular weight excluding hydrogens is 198 g/mol. The molecule has 0 spiro atoms. The summed E-state index contributed by atoms with van der Waals surface area (Å²) in [6.45, 7) is 8.66. The molecule has 0 atom stereocenters. The Labute approximate surface area is 97.9 Å². The van der Waals surface area contributed by atoms with Crippen LogP contribution in [0.4, 0.5) is 0 Å².